The Hall–Kier alpha value is -1.73. The molecule has 0 saturated carbocycles. The van der Waals surface area contributed by atoms with Gasteiger partial charge in [-0.3, -0.25) is 4.79 Å². The molecule has 0 aliphatic carbocycles. The summed E-state index contributed by atoms with van der Waals surface area (Å²) in [6.45, 7) is 0.640. The smallest absolute Gasteiger partial charge is 0.220 e. The van der Waals surface area contributed by atoms with Gasteiger partial charge in [0.2, 0.25) is 11.7 Å². The van der Waals surface area contributed by atoms with Crippen LogP contribution in [0.15, 0.2) is 28.1 Å². The van der Waals surface area contributed by atoms with Crippen molar-refractivity contribution in [1.29, 1.82) is 0 Å². The summed E-state index contributed by atoms with van der Waals surface area (Å²) in [5, 5.41) is 2.96. The Balaban J connectivity index is 1.86. The fraction of sp³-hybridized carbons (Fsp3) is 0.389. The zero-order chi connectivity index (χ0) is 18.2. The Bertz CT molecular complexity index is 692. The summed E-state index contributed by atoms with van der Waals surface area (Å²) in [5.74, 6) is 1.78. The van der Waals surface area contributed by atoms with Crippen molar-refractivity contribution in [2.75, 3.05) is 27.9 Å². The number of ether oxygens (including phenoxy) is 3. The topological polar surface area (TPSA) is 56.8 Å². The molecule has 1 aromatic heterocycles. The van der Waals surface area contributed by atoms with E-state index < -0.39 is 0 Å². The zero-order valence-electron chi connectivity index (χ0n) is 14.6. The Morgan fingerprint density at radius 3 is 2.28 bits per heavy atom. The van der Waals surface area contributed by atoms with Crippen LogP contribution in [0.5, 0.6) is 17.2 Å². The first-order valence-electron chi connectivity index (χ1n) is 7.87. The standard InChI is InChI=1S/C18H22BrNO4S/c1-22-14-10-12(11-15(23-2)18(14)24-3)4-7-17(21)20-9-8-13-5-6-16(19)25-13/h5-6,10-11H,4,7-9H2,1-3H3,(H,20,21). The molecule has 2 rings (SSSR count). The molecule has 0 radical (unpaired) electrons. The van der Waals surface area contributed by atoms with Gasteiger partial charge in [0.15, 0.2) is 11.5 Å². The highest BCUT2D eigenvalue weighted by Crippen LogP contribution is 2.38. The SMILES string of the molecule is COc1cc(CCC(=O)NCCc2ccc(Br)s2)cc(OC)c1OC. The van der Waals surface area contributed by atoms with E-state index in [4.69, 9.17) is 14.2 Å². The molecule has 0 aliphatic rings. The van der Waals surface area contributed by atoms with Crippen LogP contribution in [-0.2, 0) is 17.6 Å². The van der Waals surface area contributed by atoms with Gasteiger partial charge in [-0.25, -0.2) is 0 Å². The first-order chi connectivity index (χ1) is 12.1. The first-order valence-corrected chi connectivity index (χ1v) is 9.48. The van der Waals surface area contributed by atoms with Gasteiger partial charge in [-0.05, 0) is 58.6 Å². The van der Waals surface area contributed by atoms with Crippen molar-refractivity contribution >= 4 is 33.2 Å². The van der Waals surface area contributed by atoms with E-state index in [0.29, 0.717) is 36.6 Å². The maximum absolute atomic E-state index is 12.0. The maximum atomic E-state index is 12.0. The number of rotatable bonds is 9. The fourth-order valence-corrected chi connectivity index (χ4v) is 3.92. The van der Waals surface area contributed by atoms with Crippen LogP contribution in [-0.4, -0.2) is 33.8 Å². The van der Waals surface area contributed by atoms with Gasteiger partial charge < -0.3 is 19.5 Å². The van der Waals surface area contributed by atoms with Gasteiger partial charge >= 0.3 is 0 Å². The molecule has 0 atom stereocenters. The van der Waals surface area contributed by atoms with Crippen LogP contribution in [0, 0.1) is 0 Å². The third-order valence-corrected chi connectivity index (χ3v) is 5.37. The van der Waals surface area contributed by atoms with Crippen molar-refractivity contribution in [1.82, 2.24) is 5.32 Å². The van der Waals surface area contributed by atoms with Gasteiger partial charge in [0.25, 0.3) is 0 Å². The van der Waals surface area contributed by atoms with Crippen LogP contribution in [0.1, 0.15) is 16.9 Å². The van der Waals surface area contributed by atoms with Gasteiger partial charge in [0.1, 0.15) is 0 Å². The quantitative estimate of drug-likeness (QED) is 0.660. The predicted molar refractivity (Wildman–Crippen MR) is 103 cm³/mol. The Morgan fingerprint density at radius 2 is 1.76 bits per heavy atom. The first kappa shape index (κ1) is 19.6. The minimum Gasteiger partial charge on any atom is -0.493 e. The third kappa shape index (κ3) is 5.64. The van der Waals surface area contributed by atoms with E-state index in [1.165, 1.54) is 4.88 Å². The molecule has 1 amide bonds. The number of amides is 1. The molecular formula is C18H22BrNO4S. The molecule has 7 heteroatoms. The second-order valence-electron chi connectivity index (χ2n) is 5.34. The number of aryl methyl sites for hydroxylation is 1. The lowest BCUT2D eigenvalue weighted by molar-refractivity contribution is -0.121. The van der Waals surface area contributed by atoms with Gasteiger partial charge in [-0.2, -0.15) is 0 Å². The number of nitrogens with one attached hydrogen (secondary N) is 1. The average Bonchev–Trinajstić information content (AvgIpc) is 3.04. The molecule has 0 fully saturated rings. The molecule has 0 unspecified atom stereocenters. The molecule has 0 saturated heterocycles. The van der Waals surface area contributed by atoms with Crippen LogP contribution in [0.3, 0.4) is 0 Å². The van der Waals surface area contributed by atoms with Crippen molar-refractivity contribution in [2.45, 2.75) is 19.3 Å². The average molecular weight is 428 g/mol. The molecule has 1 aromatic carbocycles. The highest BCUT2D eigenvalue weighted by atomic mass is 79.9. The molecule has 0 aliphatic heterocycles. The number of methoxy groups -OCH3 is 3. The summed E-state index contributed by atoms with van der Waals surface area (Å²) in [6, 6.07) is 7.83. The molecule has 0 spiro atoms. The molecule has 25 heavy (non-hydrogen) atoms. The summed E-state index contributed by atoms with van der Waals surface area (Å²) >= 11 is 5.13. The van der Waals surface area contributed by atoms with E-state index in [2.05, 4.69) is 27.3 Å². The monoisotopic (exact) mass is 427 g/mol. The van der Waals surface area contributed by atoms with E-state index in [9.17, 15) is 4.79 Å². The molecule has 1 heterocycles. The van der Waals surface area contributed by atoms with E-state index >= 15 is 0 Å². The summed E-state index contributed by atoms with van der Waals surface area (Å²) < 4.78 is 17.1. The summed E-state index contributed by atoms with van der Waals surface area (Å²) in [4.78, 5) is 13.3. The van der Waals surface area contributed by atoms with Crippen LogP contribution in [0.25, 0.3) is 0 Å². The molecule has 2 aromatic rings. The van der Waals surface area contributed by atoms with Crippen molar-refractivity contribution in [3.63, 3.8) is 0 Å². The van der Waals surface area contributed by atoms with Gasteiger partial charge in [0, 0.05) is 17.8 Å². The normalized spacial score (nSPS) is 10.4. The summed E-state index contributed by atoms with van der Waals surface area (Å²) in [5.41, 5.74) is 0.965. The van der Waals surface area contributed by atoms with Crippen LogP contribution >= 0.6 is 27.3 Å². The number of benzene rings is 1. The van der Waals surface area contributed by atoms with Gasteiger partial charge in [0.05, 0.1) is 25.1 Å². The molecule has 1 N–H and O–H groups in total. The fourth-order valence-electron chi connectivity index (χ4n) is 2.44. The largest absolute Gasteiger partial charge is 0.493 e. The Kier molecular flexibility index (Phi) is 7.58. The lowest BCUT2D eigenvalue weighted by atomic mass is 10.1. The second kappa shape index (κ2) is 9.68. The maximum Gasteiger partial charge on any atom is 0.220 e. The molecule has 0 bridgehead atoms. The van der Waals surface area contributed by atoms with Gasteiger partial charge in [-0.1, -0.05) is 0 Å². The van der Waals surface area contributed by atoms with E-state index in [-0.39, 0.29) is 5.91 Å². The lowest BCUT2D eigenvalue weighted by Gasteiger charge is -2.14. The number of hydrogen-bond donors (Lipinski definition) is 1. The zero-order valence-corrected chi connectivity index (χ0v) is 17.0. The molecule has 5 nitrogen and oxygen atoms in total. The number of thiophene rings is 1. The minimum absolute atomic E-state index is 0.0318. The summed E-state index contributed by atoms with van der Waals surface area (Å²) in [6.07, 6.45) is 1.85. The van der Waals surface area contributed by atoms with Crippen LogP contribution < -0.4 is 19.5 Å². The minimum atomic E-state index is 0.0318. The highest BCUT2D eigenvalue weighted by molar-refractivity contribution is 9.11. The van der Waals surface area contributed by atoms with Crippen LogP contribution in [0.4, 0.5) is 0 Å². The van der Waals surface area contributed by atoms with Crippen molar-refractivity contribution < 1.29 is 19.0 Å². The van der Waals surface area contributed by atoms with Gasteiger partial charge in [-0.15, -0.1) is 11.3 Å². The summed E-state index contributed by atoms with van der Waals surface area (Å²) in [7, 11) is 4.73. The Morgan fingerprint density at radius 1 is 1.08 bits per heavy atom. The van der Waals surface area contributed by atoms with Crippen molar-refractivity contribution in [2.24, 2.45) is 0 Å². The molecular weight excluding hydrogens is 406 g/mol. The predicted octanol–water partition coefficient (Wildman–Crippen LogP) is 3.83. The lowest BCUT2D eigenvalue weighted by Crippen LogP contribution is -2.25. The second-order valence-corrected chi connectivity index (χ2v) is 7.89. The Labute approximate surface area is 160 Å². The number of carbonyl (C=O) groups excluding carboxylic acids is 1. The number of hydrogen-bond acceptors (Lipinski definition) is 5. The van der Waals surface area contributed by atoms with Crippen molar-refractivity contribution in [3.8, 4) is 17.2 Å². The van der Waals surface area contributed by atoms with Crippen molar-refractivity contribution in [3.05, 3.63) is 38.5 Å². The third-order valence-electron chi connectivity index (χ3n) is 3.69. The van der Waals surface area contributed by atoms with E-state index in [1.807, 2.05) is 18.2 Å². The van der Waals surface area contributed by atoms with E-state index in [1.54, 1.807) is 32.7 Å². The number of carbonyl (C=O) groups is 1. The number of halogens is 1. The van der Waals surface area contributed by atoms with Crippen LogP contribution in [0.2, 0.25) is 0 Å². The highest BCUT2D eigenvalue weighted by Gasteiger charge is 2.13. The van der Waals surface area contributed by atoms with E-state index in [0.717, 1.165) is 15.8 Å². The molecule has 136 valence electrons.